The van der Waals surface area contributed by atoms with Gasteiger partial charge in [-0.05, 0) is 19.1 Å². The largest absolute Gasteiger partial charge is 0.490 e. The van der Waals surface area contributed by atoms with Gasteiger partial charge < -0.3 is 8.92 Å². The lowest BCUT2D eigenvalue weighted by atomic mass is 10.2. The Balaban J connectivity index is 3.30. The molecule has 0 spiro atoms. The molecule has 0 bridgehead atoms. The highest BCUT2D eigenvalue weighted by Crippen LogP contribution is 2.37. The van der Waals surface area contributed by atoms with E-state index in [4.69, 9.17) is 20.5 Å². The first-order valence-electron chi connectivity index (χ1n) is 4.68. The van der Waals surface area contributed by atoms with Crippen molar-refractivity contribution in [1.29, 1.82) is 0 Å². The fourth-order valence-electron chi connectivity index (χ4n) is 1.15. The van der Waals surface area contributed by atoms with Gasteiger partial charge in [-0.2, -0.15) is 8.42 Å². The Kier molecular flexibility index (Phi) is 4.36. The van der Waals surface area contributed by atoms with Crippen LogP contribution < -0.4 is 8.92 Å². The minimum Gasteiger partial charge on any atom is -0.490 e. The summed E-state index contributed by atoms with van der Waals surface area (Å²) in [7, 11) is -3.71. The maximum absolute atomic E-state index is 11.1. The fraction of sp³-hybridized carbons (Fsp3) is 0.300. The molecule has 0 N–H and O–H groups in total. The zero-order chi connectivity index (χ0) is 13.1. The number of carbonyl (C=O) groups is 1. The molecule has 0 amide bonds. The summed E-state index contributed by atoms with van der Waals surface area (Å²) < 4.78 is 32.0. The molecule has 0 unspecified atom stereocenters. The van der Waals surface area contributed by atoms with E-state index in [1.165, 1.54) is 12.1 Å². The maximum atomic E-state index is 11.1. The van der Waals surface area contributed by atoms with Gasteiger partial charge in [0.25, 0.3) is 0 Å². The number of benzene rings is 1. The van der Waals surface area contributed by atoms with Gasteiger partial charge in [-0.25, -0.2) is 0 Å². The molecule has 0 saturated carbocycles. The van der Waals surface area contributed by atoms with Gasteiger partial charge in [0.05, 0.1) is 17.9 Å². The van der Waals surface area contributed by atoms with Crippen LogP contribution in [0.15, 0.2) is 12.1 Å². The van der Waals surface area contributed by atoms with E-state index in [9.17, 15) is 13.2 Å². The van der Waals surface area contributed by atoms with Gasteiger partial charge in [0.15, 0.2) is 5.75 Å². The van der Waals surface area contributed by atoms with E-state index in [-0.39, 0.29) is 22.1 Å². The van der Waals surface area contributed by atoms with Crippen molar-refractivity contribution >= 4 is 28.0 Å². The number of aldehydes is 1. The van der Waals surface area contributed by atoms with Crippen LogP contribution in [0.25, 0.3) is 0 Å². The van der Waals surface area contributed by atoms with Crippen LogP contribution in [0.1, 0.15) is 17.3 Å². The van der Waals surface area contributed by atoms with E-state index in [0.717, 1.165) is 6.26 Å². The molecule has 17 heavy (non-hydrogen) atoms. The van der Waals surface area contributed by atoms with Crippen LogP contribution in [0.2, 0.25) is 5.02 Å². The molecule has 0 aliphatic rings. The van der Waals surface area contributed by atoms with E-state index < -0.39 is 10.1 Å². The van der Waals surface area contributed by atoms with Gasteiger partial charge >= 0.3 is 10.1 Å². The lowest BCUT2D eigenvalue weighted by molar-refractivity contribution is 0.112. The zero-order valence-corrected chi connectivity index (χ0v) is 10.8. The normalized spacial score (nSPS) is 11.0. The quantitative estimate of drug-likeness (QED) is 0.608. The summed E-state index contributed by atoms with van der Waals surface area (Å²) in [6.45, 7) is 2.00. The minimum absolute atomic E-state index is 0.00322. The van der Waals surface area contributed by atoms with Crippen molar-refractivity contribution in [3.8, 4) is 11.5 Å². The Morgan fingerprint density at radius 1 is 1.41 bits per heavy atom. The highest BCUT2D eigenvalue weighted by atomic mass is 35.5. The van der Waals surface area contributed by atoms with Gasteiger partial charge in [-0.3, -0.25) is 4.79 Å². The van der Waals surface area contributed by atoms with Crippen molar-refractivity contribution in [2.45, 2.75) is 6.92 Å². The Labute approximate surface area is 104 Å². The summed E-state index contributed by atoms with van der Waals surface area (Å²) in [5, 5.41) is 0.00322. The summed E-state index contributed by atoms with van der Waals surface area (Å²) in [5.41, 5.74) is 0.277. The number of ether oxygens (including phenoxy) is 1. The molecular formula is C10H11ClO5S. The van der Waals surface area contributed by atoms with Gasteiger partial charge in [0.2, 0.25) is 5.75 Å². The molecule has 0 radical (unpaired) electrons. The molecule has 1 aromatic carbocycles. The number of hydrogen-bond acceptors (Lipinski definition) is 5. The van der Waals surface area contributed by atoms with Crippen molar-refractivity contribution in [2.24, 2.45) is 0 Å². The van der Waals surface area contributed by atoms with Gasteiger partial charge in [-0.1, -0.05) is 11.6 Å². The van der Waals surface area contributed by atoms with Gasteiger partial charge in [-0.15, -0.1) is 0 Å². The Bertz CT molecular complexity index is 524. The van der Waals surface area contributed by atoms with E-state index in [1.54, 1.807) is 6.92 Å². The number of rotatable bonds is 5. The Hall–Kier alpha value is -1.27. The van der Waals surface area contributed by atoms with E-state index in [1.807, 2.05) is 0 Å². The maximum Gasteiger partial charge on any atom is 0.306 e. The lowest BCUT2D eigenvalue weighted by Gasteiger charge is -2.12. The predicted octanol–water partition coefficient (Wildman–Crippen LogP) is 1.89. The fourth-order valence-corrected chi connectivity index (χ4v) is 1.93. The van der Waals surface area contributed by atoms with Crippen molar-refractivity contribution < 1.29 is 22.1 Å². The molecule has 7 heteroatoms. The van der Waals surface area contributed by atoms with Crippen LogP contribution in [0.5, 0.6) is 11.5 Å². The summed E-state index contributed by atoms with van der Waals surface area (Å²) in [5.74, 6) is 0.00846. The molecule has 0 aliphatic carbocycles. The summed E-state index contributed by atoms with van der Waals surface area (Å²) >= 11 is 5.83. The molecule has 0 aliphatic heterocycles. The first-order valence-corrected chi connectivity index (χ1v) is 6.87. The molecule has 0 saturated heterocycles. The Morgan fingerprint density at radius 3 is 2.53 bits per heavy atom. The second-order valence-electron chi connectivity index (χ2n) is 3.17. The zero-order valence-electron chi connectivity index (χ0n) is 9.27. The second-order valence-corrected chi connectivity index (χ2v) is 5.15. The van der Waals surface area contributed by atoms with Crippen molar-refractivity contribution in [1.82, 2.24) is 0 Å². The molecule has 1 aromatic rings. The molecule has 0 fully saturated rings. The molecule has 1 rings (SSSR count). The topological polar surface area (TPSA) is 69.7 Å². The Morgan fingerprint density at radius 2 is 2.06 bits per heavy atom. The predicted molar refractivity (Wildman–Crippen MR) is 63.5 cm³/mol. The molecule has 0 heterocycles. The third kappa shape index (κ3) is 3.90. The van der Waals surface area contributed by atoms with Crippen LogP contribution in [0, 0.1) is 0 Å². The average molecular weight is 279 g/mol. The number of hydrogen-bond donors (Lipinski definition) is 0. The molecule has 0 aromatic heterocycles. The lowest BCUT2D eigenvalue weighted by Crippen LogP contribution is -2.08. The molecular weight excluding hydrogens is 268 g/mol. The van der Waals surface area contributed by atoms with Crippen molar-refractivity contribution in [2.75, 3.05) is 12.9 Å². The van der Waals surface area contributed by atoms with E-state index in [2.05, 4.69) is 0 Å². The summed E-state index contributed by atoms with van der Waals surface area (Å²) in [6, 6.07) is 2.67. The van der Waals surface area contributed by atoms with Crippen LogP contribution >= 0.6 is 11.6 Å². The first-order chi connectivity index (χ1) is 7.87. The first kappa shape index (κ1) is 13.8. The SMILES string of the molecule is CCOc1cc(C=O)cc(Cl)c1OS(C)(=O)=O. The van der Waals surface area contributed by atoms with Gasteiger partial charge in [0.1, 0.15) is 6.29 Å². The van der Waals surface area contributed by atoms with Crippen LogP contribution in [0.3, 0.4) is 0 Å². The monoisotopic (exact) mass is 278 g/mol. The average Bonchev–Trinajstić information content (AvgIpc) is 2.21. The highest BCUT2D eigenvalue weighted by Gasteiger charge is 2.16. The smallest absolute Gasteiger partial charge is 0.306 e. The van der Waals surface area contributed by atoms with Gasteiger partial charge in [0, 0.05) is 5.56 Å². The van der Waals surface area contributed by atoms with Crippen molar-refractivity contribution in [3.63, 3.8) is 0 Å². The summed E-state index contributed by atoms with van der Waals surface area (Å²) in [4.78, 5) is 10.6. The number of halogens is 1. The second kappa shape index (κ2) is 5.37. The highest BCUT2D eigenvalue weighted by molar-refractivity contribution is 7.86. The third-order valence-corrected chi connectivity index (χ3v) is 2.45. The standard InChI is InChI=1S/C10H11ClO5S/c1-3-15-9-5-7(6-12)4-8(11)10(9)16-17(2,13)14/h4-6H,3H2,1-2H3. The summed E-state index contributed by atoms with van der Waals surface area (Å²) in [6.07, 6.45) is 1.48. The van der Waals surface area contributed by atoms with Crippen molar-refractivity contribution in [3.05, 3.63) is 22.7 Å². The molecule has 0 atom stereocenters. The van der Waals surface area contributed by atoms with Crippen LogP contribution in [-0.2, 0) is 10.1 Å². The minimum atomic E-state index is -3.71. The molecule has 94 valence electrons. The third-order valence-electron chi connectivity index (χ3n) is 1.70. The molecule has 5 nitrogen and oxygen atoms in total. The number of carbonyl (C=O) groups excluding carboxylic acids is 1. The van der Waals surface area contributed by atoms with Crippen LogP contribution in [0.4, 0.5) is 0 Å². The van der Waals surface area contributed by atoms with Crippen LogP contribution in [-0.4, -0.2) is 27.6 Å². The van der Waals surface area contributed by atoms with E-state index in [0.29, 0.717) is 12.9 Å². The van der Waals surface area contributed by atoms with E-state index >= 15 is 0 Å².